The van der Waals surface area contributed by atoms with E-state index in [4.69, 9.17) is 18.9 Å². The average Bonchev–Trinajstić information content (AvgIpc) is 3.31. The van der Waals surface area contributed by atoms with Crippen LogP contribution in [-0.4, -0.2) is 89.8 Å². The van der Waals surface area contributed by atoms with Gasteiger partial charge in [0.25, 0.3) is 0 Å². The molecule has 0 aliphatic carbocycles. The first-order valence-electron chi connectivity index (χ1n) is 21.9. The Morgan fingerprint density at radius 2 is 0.514 bits per heavy atom. The van der Waals surface area contributed by atoms with E-state index in [1.165, 1.54) is 152 Å². The first kappa shape index (κ1) is 53.5. The van der Waals surface area contributed by atoms with Crippen LogP contribution in [0.15, 0.2) is 109 Å². The Bertz CT molecular complexity index is 2480. The highest BCUT2D eigenvalue weighted by Gasteiger charge is 2.32. The fourth-order valence-electron chi connectivity index (χ4n) is 6.80. The minimum Gasteiger partial charge on any atom is -0.457 e. The second-order valence-corrected chi connectivity index (χ2v) is 18.6. The minimum atomic E-state index is -1.72. The van der Waals surface area contributed by atoms with Gasteiger partial charge in [-0.25, -0.2) is 19.2 Å². The summed E-state index contributed by atoms with van der Waals surface area (Å²) in [6.07, 6.45) is 0. The zero-order valence-corrected chi connectivity index (χ0v) is 39.9. The molecule has 16 nitrogen and oxygen atoms in total. The third kappa shape index (κ3) is 13.8. The Hall–Kier alpha value is -7.50. The Kier molecular flexibility index (Phi) is 16.4. The van der Waals surface area contributed by atoms with Crippen molar-refractivity contribution in [3.8, 4) is 0 Å². The number of ketones is 4. The number of rotatable bonds is 20. The quantitative estimate of drug-likeness (QED) is 0.0350. The molecule has 0 aromatic heterocycles. The Labute approximate surface area is 403 Å². The van der Waals surface area contributed by atoms with E-state index in [-0.39, 0.29) is 22.3 Å². The second kappa shape index (κ2) is 21.4. The normalized spacial score (nSPS) is 11.8. The fraction of sp³-hybridized carbons (Fsp3) is 0.296. The molecule has 0 saturated carbocycles. The van der Waals surface area contributed by atoms with Crippen molar-refractivity contribution in [2.24, 2.45) is 0 Å². The third-order valence-electron chi connectivity index (χ3n) is 10.5. The highest BCUT2D eigenvalue weighted by molar-refractivity contribution is 6.11. The topological polar surface area (TPSA) is 254 Å². The molecule has 0 bridgehead atoms. The number of carbonyl (C=O) groups excluding carboxylic acids is 8. The van der Waals surface area contributed by atoms with Crippen molar-refractivity contribution in [1.82, 2.24) is 0 Å². The number of esters is 4. The molecule has 0 spiro atoms. The van der Waals surface area contributed by atoms with E-state index in [9.17, 15) is 58.8 Å². The van der Waals surface area contributed by atoms with Crippen LogP contribution < -0.4 is 0 Å². The monoisotopic (exact) mass is 958 g/mol. The lowest BCUT2D eigenvalue weighted by Gasteiger charge is -2.17. The maximum atomic E-state index is 14.1. The molecule has 0 unspecified atom stereocenters. The number of ether oxygens (including phenoxy) is 4. The Morgan fingerprint density at radius 3 is 0.686 bits per heavy atom. The number of hydrogen-bond acceptors (Lipinski definition) is 16. The zero-order valence-electron chi connectivity index (χ0n) is 39.9. The summed E-state index contributed by atoms with van der Waals surface area (Å²) in [6.45, 7) is 8.55. The molecule has 0 fully saturated rings. The fourth-order valence-corrected chi connectivity index (χ4v) is 6.80. The molecule has 0 radical (unpaired) electrons. The van der Waals surface area contributed by atoms with Gasteiger partial charge >= 0.3 is 23.9 Å². The van der Waals surface area contributed by atoms with E-state index in [2.05, 4.69) is 0 Å². The van der Waals surface area contributed by atoms with Crippen LogP contribution in [0.25, 0.3) is 0 Å². The lowest BCUT2D eigenvalue weighted by molar-refractivity contribution is 0.0408. The number of hydrogen-bond donors (Lipinski definition) is 4. The summed E-state index contributed by atoms with van der Waals surface area (Å²) in [4.78, 5) is 108. The van der Waals surface area contributed by atoms with Gasteiger partial charge in [-0.1, -0.05) is 72.8 Å². The van der Waals surface area contributed by atoms with Gasteiger partial charge in [0, 0.05) is 22.3 Å². The molecule has 16 heteroatoms. The van der Waals surface area contributed by atoms with Crippen molar-refractivity contribution in [1.29, 1.82) is 0 Å². The maximum absolute atomic E-state index is 14.1. The molecule has 0 heterocycles. The molecule has 5 rings (SSSR count). The summed E-state index contributed by atoms with van der Waals surface area (Å²) in [5.74, 6) is -7.27. The molecule has 0 atom stereocenters. The van der Waals surface area contributed by atoms with Crippen LogP contribution in [0.1, 0.15) is 161 Å². The van der Waals surface area contributed by atoms with Crippen molar-refractivity contribution in [2.45, 2.75) is 104 Å². The number of aliphatic hydroxyl groups is 4. The number of carbonyl (C=O) groups is 8. The molecule has 70 heavy (non-hydrogen) atoms. The van der Waals surface area contributed by atoms with Crippen molar-refractivity contribution in [3.05, 3.63) is 176 Å². The summed E-state index contributed by atoms with van der Waals surface area (Å²) in [5.41, 5.74) is -7.60. The molecule has 5 aromatic rings. The highest BCUT2D eigenvalue weighted by Crippen LogP contribution is 2.26. The Balaban J connectivity index is 1.57. The summed E-state index contributed by atoms with van der Waals surface area (Å²) in [5, 5.41) is 41.2. The van der Waals surface area contributed by atoms with E-state index in [0.29, 0.717) is 22.3 Å². The lowest BCUT2D eigenvalue weighted by Crippen LogP contribution is -2.31. The van der Waals surface area contributed by atoms with Gasteiger partial charge in [-0.15, -0.1) is 0 Å². The Morgan fingerprint density at radius 1 is 0.329 bits per heavy atom. The minimum absolute atomic E-state index is 0.108. The SMILES string of the molecule is CC(C)(O)C(=O)c1cccc(COC(=O)c2cc(C(=O)OCc3cccc(C(=O)C(C)(C)O)c3)c(C(=O)OCc3cccc(C(=O)C(C)(C)O)c3)cc2C(=O)OCc2cccc(C(=O)C(C)(C)O)c2)c1. The lowest BCUT2D eigenvalue weighted by atomic mass is 9.95. The molecule has 0 saturated heterocycles. The van der Waals surface area contributed by atoms with Crippen LogP contribution in [0.5, 0.6) is 0 Å². The highest BCUT2D eigenvalue weighted by atomic mass is 16.5. The maximum Gasteiger partial charge on any atom is 0.339 e. The van der Waals surface area contributed by atoms with Crippen molar-refractivity contribution < 1.29 is 77.7 Å². The predicted molar refractivity (Wildman–Crippen MR) is 251 cm³/mol. The third-order valence-corrected chi connectivity index (χ3v) is 10.5. The van der Waals surface area contributed by atoms with Crippen LogP contribution in [-0.2, 0) is 45.4 Å². The van der Waals surface area contributed by atoms with Crippen LogP contribution in [0.4, 0.5) is 0 Å². The van der Waals surface area contributed by atoms with Gasteiger partial charge in [0.1, 0.15) is 48.8 Å². The van der Waals surface area contributed by atoms with Gasteiger partial charge in [0.2, 0.25) is 0 Å². The van der Waals surface area contributed by atoms with Gasteiger partial charge < -0.3 is 39.4 Å². The molecule has 0 aliphatic rings. The summed E-state index contributed by atoms with van der Waals surface area (Å²) < 4.78 is 22.4. The largest absolute Gasteiger partial charge is 0.457 e. The van der Waals surface area contributed by atoms with Crippen LogP contribution in [0, 0.1) is 0 Å². The zero-order chi connectivity index (χ0) is 51.9. The second-order valence-electron chi connectivity index (χ2n) is 18.6. The summed E-state index contributed by atoms with van der Waals surface area (Å²) >= 11 is 0. The van der Waals surface area contributed by atoms with Gasteiger partial charge in [-0.05, 0) is 114 Å². The van der Waals surface area contributed by atoms with Gasteiger partial charge in [0.15, 0.2) is 23.1 Å². The van der Waals surface area contributed by atoms with Gasteiger partial charge in [-0.3, -0.25) is 19.2 Å². The van der Waals surface area contributed by atoms with E-state index in [1.807, 2.05) is 0 Å². The van der Waals surface area contributed by atoms with Gasteiger partial charge in [-0.2, -0.15) is 0 Å². The van der Waals surface area contributed by atoms with Crippen LogP contribution >= 0.6 is 0 Å². The molecule has 0 amide bonds. The van der Waals surface area contributed by atoms with Crippen LogP contribution in [0.3, 0.4) is 0 Å². The number of benzene rings is 5. The molecular weight excluding hydrogens is 905 g/mol. The molecule has 5 aromatic carbocycles. The summed E-state index contributed by atoms with van der Waals surface area (Å²) in [6, 6.07) is 25.3. The van der Waals surface area contributed by atoms with E-state index >= 15 is 0 Å². The van der Waals surface area contributed by atoms with E-state index < -0.39 is 118 Å². The van der Waals surface area contributed by atoms with Crippen molar-refractivity contribution in [2.75, 3.05) is 0 Å². The summed E-state index contributed by atoms with van der Waals surface area (Å²) in [7, 11) is 0. The average molecular weight is 959 g/mol. The number of Topliss-reactive ketones (excluding diaryl/α,β-unsaturated/α-hetero) is 4. The molecular formula is C54H54O16. The molecule has 4 N–H and O–H groups in total. The van der Waals surface area contributed by atoms with Crippen molar-refractivity contribution >= 4 is 47.0 Å². The van der Waals surface area contributed by atoms with Crippen molar-refractivity contribution in [3.63, 3.8) is 0 Å². The molecule has 0 aliphatic heterocycles. The van der Waals surface area contributed by atoms with Crippen LogP contribution in [0.2, 0.25) is 0 Å². The molecule has 366 valence electrons. The van der Waals surface area contributed by atoms with E-state index in [1.54, 1.807) is 0 Å². The first-order valence-corrected chi connectivity index (χ1v) is 21.9. The smallest absolute Gasteiger partial charge is 0.339 e. The predicted octanol–water partition coefficient (Wildman–Crippen LogP) is 6.93. The van der Waals surface area contributed by atoms with Gasteiger partial charge in [0.05, 0.1) is 22.3 Å². The first-order chi connectivity index (χ1) is 32.5. The standard InChI is InChI=1S/C54H54O16/c1-51(2,63)43(55)35-17-9-13-31(21-35)27-67-47(59)39-25-41(49(61)69-29-33-15-11-19-37(23-33)45(57)53(5,6)65)42(50(62)70-30-34-16-12-20-38(24-34)46(58)54(7,8)66)26-40(39)48(60)68-28-32-14-10-18-36(22-32)44(56)52(3,4)64/h9-26,63-66H,27-30H2,1-8H3. The van der Waals surface area contributed by atoms with E-state index in [0.717, 1.165) is 12.1 Å².